The Morgan fingerprint density at radius 1 is 1.10 bits per heavy atom. The summed E-state index contributed by atoms with van der Waals surface area (Å²) in [5.74, 6) is 3.03. The minimum absolute atomic E-state index is 0.127. The molecule has 0 N–H and O–H groups in total. The van der Waals surface area contributed by atoms with Gasteiger partial charge in [-0.3, -0.25) is 0 Å². The van der Waals surface area contributed by atoms with Crippen LogP contribution >= 0.6 is 0 Å². The van der Waals surface area contributed by atoms with Crippen LogP contribution in [0.1, 0.15) is 32.4 Å². The Hall–Kier alpha value is -2.96. The summed E-state index contributed by atoms with van der Waals surface area (Å²) in [7, 11) is 0. The van der Waals surface area contributed by atoms with Crippen molar-refractivity contribution in [2.45, 2.75) is 39.7 Å². The van der Waals surface area contributed by atoms with Crippen molar-refractivity contribution >= 4 is 16.7 Å². The highest BCUT2D eigenvalue weighted by Gasteiger charge is 2.26. The van der Waals surface area contributed by atoms with Crippen LogP contribution < -0.4 is 14.4 Å². The number of nitrogens with zero attached hydrogens (tertiary/aromatic N) is 5. The Balaban J connectivity index is 1.38. The van der Waals surface area contributed by atoms with Crippen LogP contribution in [0.2, 0.25) is 0 Å². The van der Waals surface area contributed by atoms with Crippen LogP contribution in [-0.2, 0) is 0 Å². The number of aryl methyl sites for hydroxylation is 1. The fraction of sp³-hybridized carbons (Fsp3) is 0.455. The van der Waals surface area contributed by atoms with Gasteiger partial charge >= 0.3 is 0 Å². The largest absolute Gasteiger partial charge is 0.491 e. The van der Waals surface area contributed by atoms with Crippen molar-refractivity contribution < 1.29 is 9.47 Å². The van der Waals surface area contributed by atoms with Gasteiger partial charge in [-0.1, -0.05) is 0 Å². The van der Waals surface area contributed by atoms with Gasteiger partial charge in [-0.05, 0) is 63.8 Å². The number of piperidine rings is 1. The molecule has 0 bridgehead atoms. The molecular formula is C22H27N5O2. The second kappa shape index (κ2) is 8.59. The zero-order chi connectivity index (χ0) is 20.2. The Morgan fingerprint density at radius 2 is 1.93 bits per heavy atom. The van der Waals surface area contributed by atoms with Crippen molar-refractivity contribution in [3.8, 4) is 11.5 Å². The van der Waals surface area contributed by atoms with Crippen LogP contribution in [0, 0.1) is 12.8 Å². The number of rotatable bonds is 6. The first-order chi connectivity index (χ1) is 14.1. The molecule has 1 atom stereocenters. The molecule has 1 unspecified atom stereocenters. The predicted octanol–water partition coefficient (Wildman–Crippen LogP) is 3.81. The molecule has 0 saturated carbocycles. The highest BCUT2D eigenvalue weighted by atomic mass is 16.5. The van der Waals surface area contributed by atoms with E-state index >= 15 is 0 Å². The molecule has 152 valence electrons. The van der Waals surface area contributed by atoms with E-state index in [1.165, 1.54) is 0 Å². The third kappa shape index (κ3) is 4.39. The maximum absolute atomic E-state index is 6.26. The summed E-state index contributed by atoms with van der Waals surface area (Å²) in [4.78, 5) is 2.30. The lowest BCUT2D eigenvalue weighted by Crippen LogP contribution is -2.39. The monoisotopic (exact) mass is 393 g/mol. The highest BCUT2D eigenvalue weighted by molar-refractivity contribution is 5.85. The molecule has 2 aromatic heterocycles. The summed E-state index contributed by atoms with van der Waals surface area (Å²) in [5, 5.41) is 17.7. The Kier molecular flexibility index (Phi) is 5.74. The van der Waals surface area contributed by atoms with Gasteiger partial charge in [-0.2, -0.15) is 15.3 Å². The summed E-state index contributed by atoms with van der Waals surface area (Å²) in [6.45, 7) is 8.61. The van der Waals surface area contributed by atoms with Crippen LogP contribution in [-0.4, -0.2) is 46.2 Å². The average molecular weight is 393 g/mol. The molecule has 7 heteroatoms. The van der Waals surface area contributed by atoms with E-state index in [2.05, 4.69) is 38.3 Å². The molecule has 29 heavy (non-hydrogen) atoms. The minimum atomic E-state index is 0.127. The average Bonchev–Trinajstić information content (AvgIpc) is 2.75. The summed E-state index contributed by atoms with van der Waals surface area (Å²) in [6.07, 6.45) is 3.92. The molecule has 1 fully saturated rings. The molecular weight excluding hydrogens is 366 g/mol. The SMILES string of the molecule is CCOc1cnnc2cc(OC(C)C3CCN(c4ccc(C)nn4)CC3)ccc12. The van der Waals surface area contributed by atoms with E-state index in [0.717, 1.165) is 59.8 Å². The lowest BCUT2D eigenvalue weighted by molar-refractivity contribution is 0.133. The van der Waals surface area contributed by atoms with E-state index in [0.29, 0.717) is 12.5 Å². The van der Waals surface area contributed by atoms with E-state index in [4.69, 9.17) is 9.47 Å². The van der Waals surface area contributed by atoms with Crippen LogP contribution in [0.3, 0.4) is 0 Å². The van der Waals surface area contributed by atoms with Crippen molar-refractivity contribution in [2.24, 2.45) is 5.92 Å². The van der Waals surface area contributed by atoms with Gasteiger partial charge < -0.3 is 14.4 Å². The number of hydrogen-bond donors (Lipinski definition) is 0. The van der Waals surface area contributed by atoms with Gasteiger partial charge in [-0.15, -0.1) is 5.10 Å². The van der Waals surface area contributed by atoms with E-state index < -0.39 is 0 Å². The van der Waals surface area contributed by atoms with Crippen LogP contribution in [0.5, 0.6) is 11.5 Å². The third-order valence-corrected chi connectivity index (χ3v) is 5.51. The van der Waals surface area contributed by atoms with Crippen LogP contribution in [0.25, 0.3) is 10.9 Å². The van der Waals surface area contributed by atoms with E-state index in [1.807, 2.05) is 38.1 Å². The molecule has 0 aliphatic carbocycles. The van der Waals surface area contributed by atoms with Gasteiger partial charge in [0.05, 0.1) is 24.6 Å². The zero-order valence-corrected chi connectivity index (χ0v) is 17.2. The Bertz CT molecular complexity index is 955. The first-order valence-corrected chi connectivity index (χ1v) is 10.2. The normalized spacial score (nSPS) is 16.0. The molecule has 1 aliphatic rings. The second-order valence-corrected chi connectivity index (χ2v) is 7.50. The van der Waals surface area contributed by atoms with Crippen LogP contribution in [0.4, 0.5) is 5.82 Å². The van der Waals surface area contributed by atoms with Crippen molar-refractivity contribution in [2.75, 3.05) is 24.6 Å². The number of ether oxygens (including phenoxy) is 2. The smallest absolute Gasteiger partial charge is 0.151 e. The Morgan fingerprint density at radius 3 is 2.66 bits per heavy atom. The second-order valence-electron chi connectivity index (χ2n) is 7.50. The zero-order valence-electron chi connectivity index (χ0n) is 17.2. The fourth-order valence-electron chi connectivity index (χ4n) is 3.83. The predicted molar refractivity (Wildman–Crippen MR) is 113 cm³/mol. The molecule has 1 saturated heterocycles. The molecule has 3 heterocycles. The third-order valence-electron chi connectivity index (χ3n) is 5.51. The van der Waals surface area contributed by atoms with Crippen molar-refractivity contribution in [3.05, 3.63) is 42.2 Å². The lowest BCUT2D eigenvalue weighted by atomic mass is 9.92. The summed E-state index contributed by atoms with van der Waals surface area (Å²) < 4.78 is 11.9. The first kappa shape index (κ1) is 19.4. The van der Waals surface area contributed by atoms with E-state index in [1.54, 1.807) is 6.20 Å². The van der Waals surface area contributed by atoms with Crippen molar-refractivity contribution in [1.82, 2.24) is 20.4 Å². The van der Waals surface area contributed by atoms with Crippen LogP contribution in [0.15, 0.2) is 36.5 Å². The molecule has 7 nitrogen and oxygen atoms in total. The number of anilines is 1. The topological polar surface area (TPSA) is 73.3 Å². The maximum Gasteiger partial charge on any atom is 0.151 e. The summed E-state index contributed by atoms with van der Waals surface area (Å²) in [5.41, 5.74) is 1.73. The molecule has 1 aliphatic heterocycles. The molecule has 4 rings (SSSR count). The lowest BCUT2D eigenvalue weighted by Gasteiger charge is -2.35. The minimum Gasteiger partial charge on any atom is -0.491 e. The van der Waals surface area contributed by atoms with Gasteiger partial charge in [-0.25, -0.2) is 0 Å². The Labute approximate surface area is 171 Å². The van der Waals surface area contributed by atoms with Gasteiger partial charge in [0.15, 0.2) is 5.82 Å². The van der Waals surface area contributed by atoms with Crippen molar-refractivity contribution in [1.29, 1.82) is 0 Å². The van der Waals surface area contributed by atoms with E-state index in [9.17, 15) is 0 Å². The number of aromatic nitrogens is 4. The molecule has 3 aromatic rings. The molecule has 1 aromatic carbocycles. The molecule has 0 radical (unpaired) electrons. The number of fused-ring (bicyclic) bond motifs is 1. The van der Waals surface area contributed by atoms with Gasteiger partial charge in [0.25, 0.3) is 0 Å². The van der Waals surface area contributed by atoms with E-state index in [-0.39, 0.29) is 6.10 Å². The summed E-state index contributed by atoms with van der Waals surface area (Å²) >= 11 is 0. The number of benzene rings is 1. The summed E-state index contributed by atoms with van der Waals surface area (Å²) in [6, 6.07) is 9.99. The maximum atomic E-state index is 6.26. The first-order valence-electron chi connectivity index (χ1n) is 10.2. The van der Waals surface area contributed by atoms with Gasteiger partial charge in [0, 0.05) is 24.5 Å². The van der Waals surface area contributed by atoms with Gasteiger partial charge in [0.1, 0.15) is 17.0 Å². The molecule has 0 spiro atoms. The highest BCUT2D eigenvalue weighted by Crippen LogP contribution is 2.30. The quantitative estimate of drug-likeness (QED) is 0.630. The van der Waals surface area contributed by atoms with Crippen molar-refractivity contribution in [3.63, 3.8) is 0 Å². The molecule has 0 amide bonds. The van der Waals surface area contributed by atoms with Gasteiger partial charge in [0.2, 0.25) is 0 Å². The standard InChI is InChI=1S/C22H27N5O2/c1-4-28-21-14-23-25-20-13-18(6-7-19(20)21)29-16(3)17-9-11-27(12-10-17)22-8-5-15(2)24-26-22/h5-8,13-14,16-17H,4,9-12H2,1-3H3. The number of hydrogen-bond acceptors (Lipinski definition) is 7. The fourth-order valence-corrected chi connectivity index (χ4v) is 3.83.